The van der Waals surface area contributed by atoms with Crippen molar-refractivity contribution in [1.29, 1.82) is 5.26 Å². The molecular formula is C24H25N3O3. The summed E-state index contributed by atoms with van der Waals surface area (Å²) in [6.07, 6.45) is 0. The highest BCUT2D eigenvalue weighted by molar-refractivity contribution is 6.04. The molecule has 0 spiro atoms. The lowest BCUT2D eigenvalue weighted by Crippen LogP contribution is -2.45. The summed E-state index contributed by atoms with van der Waals surface area (Å²) in [5.74, 6) is 0.581. The fourth-order valence-corrected chi connectivity index (χ4v) is 4.51. The monoisotopic (exact) mass is 403 g/mol. The Morgan fingerprint density at radius 3 is 2.67 bits per heavy atom. The second-order valence-electron chi connectivity index (χ2n) is 8.23. The minimum Gasteiger partial charge on any atom is -0.481 e. The number of hydrogen-bond donors (Lipinski definition) is 1. The molecule has 0 unspecified atom stereocenters. The zero-order valence-corrected chi connectivity index (χ0v) is 17.7. The van der Waals surface area contributed by atoms with E-state index >= 15 is 0 Å². The van der Waals surface area contributed by atoms with Crippen molar-refractivity contribution in [3.63, 3.8) is 0 Å². The molecule has 154 valence electrons. The van der Waals surface area contributed by atoms with Crippen LogP contribution in [-0.2, 0) is 6.54 Å². The summed E-state index contributed by atoms with van der Waals surface area (Å²) in [7, 11) is 1.89. The number of hydrogen-bond acceptors (Lipinski definition) is 5. The van der Waals surface area contributed by atoms with E-state index in [9.17, 15) is 15.2 Å². The van der Waals surface area contributed by atoms with Crippen molar-refractivity contribution in [3.05, 3.63) is 69.9 Å². The maximum absolute atomic E-state index is 13.4. The molecule has 0 saturated heterocycles. The lowest BCUT2D eigenvalue weighted by molar-refractivity contribution is 0.0812. The molecule has 2 aromatic rings. The first-order valence-corrected chi connectivity index (χ1v) is 9.99. The average Bonchev–Trinajstić information content (AvgIpc) is 3.03. The van der Waals surface area contributed by atoms with Gasteiger partial charge >= 0.3 is 0 Å². The molecule has 2 aliphatic rings. The van der Waals surface area contributed by atoms with Crippen molar-refractivity contribution in [2.45, 2.75) is 32.9 Å². The van der Waals surface area contributed by atoms with Crippen molar-refractivity contribution >= 4 is 11.6 Å². The molecule has 6 nitrogen and oxygen atoms in total. The number of amides is 1. The van der Waals surface area contributed by atoms with Crippen LogP contribution in [0.25, 0.3) is 5.70 Å². The second-order valence-corrected chi connectivity index (χ2v) is 8.23. The van der Waals surface area contributed by atoms with Gasteiger partial charge in [0.2, 0.25) is 0 Å². The van der Waals surface area contributed by atoms with Crippen LogP contribution in [0, 0.1) is 18.3 Å². The third kappa shape index (κ3) is 2.94. The van der Waals surface area contributed by atoms with Gasteiger partial charge in [-0.05, 0) is 50.1 Å². The average molecular weight is 403 g/mol. The third-order valence-corrected chi connectivity index (χ3v) is 5.85. The van der Waals surface area contributed by atoms with E-state index in [2.05, 4.69) is 6.07 Å². The lowest BCUT2D eigenvalue weighted by Gasteiger charge is -2.43. The Morgan fingerprint density at radius 2 is 2.00 bits per heavy atom. The molecule has 0 atom stereocenters. The minimum atomic E-state index is -0.734. The van der Waals surface area contributed by atoms with Gasteiger partial charge in [-0.25, -0.2) is 0 Å². The van der Waals surface area contributed by atoms with Crippen LogP contribution in [0.3, 0.4) is 0 Å². The van der Waals surface area contributed by atoms with Crippen molar-refractivity contribution in [1.82, 2.24) is 9.80 Å². The number of likely N-dealkylation sites (N-methyl/N-ethyl adjacent to an activating group) is 1. The smallest absolute Gasteiger partial charge is 0.259 e. The van der Waals surface area contributed by atoms with E-state index in [1.165, 1.54) is 0 Å². The Labute approximate surface area is 176 Å². The van der Waals surface area contributed by atoms with Crippen LogP contribution in [0.1, 0.15) is 46.5 Å². The van der Waals surface area contributed by atoms with Gasteiger partial charge in [-0.15, -0.1) is 0 Å². The number of rotatable bonds is 4. The maximum Gasteiger partial charge on any atom is 0.259 e. The zero-order chi connectivity index (χ0) is 21.6. The molecule has 0 aromatic heterocycles. The Morgan fingerprint density at radius 1 is 1.27 bits per heavy atom. The molecule has 0 radical (unpaired) electrons. The number of carbonyl (C=O) groups is 1. The van der Waals surface area contributed by atoms with E-state index in [0.717, 1.165) is 28.1 Å². The van der Waals surface area contributed by atoms with Gasteiger partial charge in [0.15, 0.2) is 0 Å². The van der Waals surface area contributed by atoms with Gasteiger partial charge in [0, 0.05) is 24.7 Å². The van der Waals surface area contributed by atoms with Gasteiger partial charge in [0.1, 0.15) is 11.4 Å². The van der Waals surface area contributed by atoms with Crippen molar-refractivity contribution in [3.8, 4) is 11.8 Å². The Balaban J connectivity index is 2.02. The van der Waals surface area contributed by atoms with E-state index in [-0.39, 0.29) is 12.5 Å². The number of aliphatic hydroxyl groups is 1. The highest BCUT2D eigenvalue weighted by atomic mass is 16.5. The number of nitriles is 1. The van der Waals surface area contributed by atoms with E-state index in [4.69, 9.17) is 4.74 Å². The van der Waals surface area contributed by atoms with Crippen LogP contribution in [0.4, 0.5) is 0 Å². The SMILES string of the molecule is Cc1c(C#N)ccc2c1C(N1Cc3ccccc3C1=O)=C(N(C)CCO)C(C)(C)O2. The number of fused-ring (bicyclic) bond motifs is 2. The Bertz CT molecular complexity index is 1110. The van der Waals surface area contributed by atoms with Gasteiger partial charge in [0.25, 0.3) is 5.91 Å². The maximum atomic E-state index is 13.4. The van der Waals surface area contributed by atoms with Crippen LogP contribution in [0.2, 0.25) is 0 Å². The lowest BCUT2D eigenvalue weighted by atomic mass is 9.89. The standard InChI is InChI=1S/C24H25N3O3/c1-15-16(13-25)9-10-19-20(15)21(22(24(2,3)30-19)26(4)11-12-28)27-14-17-7-5-6-8-18(17)23(27)29/h5-10,28H,11-12,14H2,1-4H3. The third-order valence-electron chi connectivity index (χ3n) is 5.85. The van der Waals surface area contributed by atoms with Crippen LogP contribution in [-0.4, -0.2) is 46.6 Å². The number of carbonyl (C=O) groups excluding carboxylic acids is 1. The molecule has 4 rings (SSSR count). The topological polar surface area (TPSA) is 76.8 Å². The fraction of sp³-hybridized carbons (Fsp3) is 0.333. The van der Waals surface area contributed by atoms with E-state index < -0.39 is 5.60 Å². The largest absolute Gasteiger partial charge is 0.481 e. The summed E-state index contributed by atoms with van der Waals surface area (Å²) in [6.45, 7) is 6.62. The number of ether oxygens (including phenoxy) is 1. The van der Waals surface area contributed by atoms with Gasteiger partial charge < -0.3 is 19.6 Å². The molecule has 30 heavy (non-hydrogen) atoms. The summed E-state index contributed by atoms with van der Waals surface area (Å²) in [5, 5.41) is 19.2. The fourth-order valence-electron chi connectivity index (χ4n) is 4.51. The van der Waals surface area contributed by atoms with Gasteiger partial charge in [-0.3, -0.25) is 4.79 Å². The summed E-state index contributed by atoms with van der Waals surface area (Å²) < 4.78 is 6.35. The molecule has 0 saturated carbocycles. The number of aliphatic hydroxyl groups excluding tert-OH is 1. The summed E-state index contributed by atoms with van der Waals surface area (Å²) >= 11 is 0. The summed E-state index contributed by atoms with van der Waals surface area (Å²) in [6, 6.07) is 13.4. The predicted octanol–water partition coefficient (Wildman–Crippen LogP) is 3.29. The number of benzene rings is 2. The van der Waals surface area contributed by atoms with Crippen molar-refractivity contribution in [2.24, 2.45) is 0 Å². The molecule has 2 heterocycles. The molecule has 2 aromatic carbocycles. The van der Waals surface area contributed by atoms with Crippen molar-refractivity contribution in [2.75, 3.05) is 20.2 Å². The highest BCUT2D eigenvalue weighted by Crippen LogP contribution is 2.47. The highest BCUT2D eigenvalue weighted by Gasteiger charge is 2.43. The van der Waals surface area contributed by atoms with Gasteiger partial charge in [-0.2, -0.15) is 5.26 Å². The Hall–Kier alpha value is -3.30. The first-order valence-electron chi connectivity index (χ1n) is 9.99. The van der Waals surface area contributed by atoms with E-state index in [0.29, 0.717) is 30.0 Å². The first kappa shape index (κ1) is 20.0. The van der Waals surface area contributed by atoms with Gasteiger partial charge in [-0.1, -0.05) is 18.2 Å². The zero-order valence-electron chi connectivity index (χ0n) is 17.7. The normalized spacial score (nSPS) is 16.7. The van der Waals surface area contributed by atoms with Crippen molar-refractivity contribution < 1.29 is 14.6 Å². The van der Waals surface area contributed by atoms with Crippen LogP contribution in [0.5, 0.6) is 5.75 Å². The van der Waals surface area contributed by atoms with Crippen LogP contribution >= 0.6 is 0 Å². The molecule has 2 aliphatic heterocycles. The number of nitrogens with zero attached hydrogens (tertiary/aromatic N) is 3. The Kier molecular flexibility index (Phi) is 4.79. The minimum absolute atomic E-state index is 0.0262. The molecule has 1 N–H and O–H groups in total. The molecular weight excluding hydrogens is 378 g/mol. The van der Waals surface area contributed by atoms with E-state index in [1.54, 1.807) is 17.0 Å². The van der Waals surface area contributed by atoms with Gasteiger partial charge in [0.05, 0.1) is 36.2 Å². The summed E-state index contributed by atoms with van der Waals surface area (Å²) in [5.41, 5.74) is 4.56. The molecule has 0 fully saturated rings. The van der Waals surface area contributed by atoms with E-state index in [1.807, 2.05) is 57.0 Å². The quantitative estimate of drug-likeness (QED) is 0.848. The molecule has 0 bridgehead atoms. The second kappa shape index (κ2) is 7.19. The summed E-state index contributed by atoms with van der Waals surface area (Å²) in [4.78, 5) is 17.1. The predicted molar refractivity (Wildman–Crippen MR) is 114 cm³/mol. The first-order chi connectivity index (χ1) is 14.3. The molecule has 0 aliphatic carbocycles. The van der Waals surface area contributed by atoms with Crippen LogP contribution < -0.4 is 4.74 Å². The van der Waals surface area contributed by atoms with Crippen LogP contribution in [0.15, 0.2) is 42.1 Å². The molecule has 6 heteroatoms. The molecule has 1 amide bonds.